The van der Waals surface area contributed by atoms with Crippen LogP contribution in [-0.2, 0) is 9.84 Å². The van der Waals surface area contributed by atoms with Crippen LogP contribution in [0.25, 0.3) is 0 Å². The normalized spacial score (nSPS) is 11.6. The zero-order chi connectivity index (χ0) is 10.9. The summed E-state index contributed by atoms with van der Waals surface area (Å²) in [6, 6.07) is 1.61. The number of carbonyl (C=O) groups is 1. The first-order valence-corrected chi connectivity index (χ1v) is 7.02. The molecule has 0 saturated heterocycles. The van der Waals surface area contributed by atoms with Crippen LogP contribution in [0.5, 0.6) is 0 Å². The molecule has 0 aromatic carbocycles. The molecule has 14 heavy (non-hydrogen) atoms. The second kappa shape index (κ2) is 4.00. The molecule has 0 aliphatic heterocycles. The summed E-state index contributed by atoms with van der Waals surface area (Å²) >= 11 is 6.88. The lowest BCUT2D eigenvalue weighted by Crippen LogP contribution is -2.13. The predicted octanol–water partition coefficient (Wildman–Crippen LogP) is 1.94. The van der Waals surface area contributed by atoms with Crippen LogP contribution in [0.2, 0.25) is 4.34 Å². The number of carbonyl (C=O) groups excluding carboxylic acids is 1. The molecule has 0 radical (unpaired) electrons. The molecule has 0 aliphatic rings. The fourth-order valence-electron chi connectivity index (χ4n) is 0.907. The monoisotopic (exact) mass is 252 g/mol. The van der Waals surface area contributed by atoms with E-state index in [4.69, 9.17) is 11.6 Å². The number of aryl methyl sites for hydroxylation is 1. The van der Waals surface area contributed by atoms with Gasteiger partial charge in [-0.3, -0.25) is 4.79 Å². The molecular weight excluding hydrogens is 244 g/mol. The van der Waals surface area contributed by atoms with Gasteiger partial charge in [0, 0.05) is 6.26 Å². The Morgan fingerprint density at radius 3 is 2.50 bits per heavy atom. The van der Waals surface area contributed by atoms with Crippen LogP contribution in [-0.4, -0.2) is 26.2 Å². The third-order valence-electron chi connectivity index (χ3n) is 1.53. The third-order valence-corrected chi connectivity index (χ3v) is 3.91. The van der Waals surface area contributed by atoms with Gasteiger partial charge in [0.25, 0.3) is 0 Å². The molecule has 0 unspecified atom stereocenters. The molecule has 1 aromatic heterocycles. The van der Waals surface area contributed by atoms with Gasteiger partial charge in [-0.05, 0) is 18.6 Å². The van der Waals surface area contributed by atoms with Gasteiger partial charge in [-0.2, -0.15) is 0 Å². The van der Waals surface area contributed by atoms with Gasteiger partial charge in [-0.15, -0.1) is 11.3 Å². The minimum absolute atomic E-state index is 0.396. The molecule has 78 valence electrons. The maximum absolute atomic E-state index is 11.4. The summed E-state index contributed by atoms with van der Waals surface area (Å²) in [5, 5.41) is 0. The molecule has 0 spiro atoms. The fourth-order valence-corrected chi connectivity index (χ4v) is 2.77. The zero-order valence-electron chi connectivity index (χ0n) is 7.70. The van der Waals surface area contributed by atoms with Crippen LogP contribution < -0.4 is 0 Å². The number of sulfone groups is 1. The number of hydrogen-bond donors (Lipinski definition) is 0. The highest BCUT2D eigenvalue weighted by Gasteiger charge is 2.16. The number of ketones is 1. The van der Waals surface area contributed by atoms with Crippen molar-refractivity contribution in [3.05, 3.63) is 20.8 Å². The Morgan fingerprint density at radius 2 is 2.14 bits per heavy atom. The van der Waals surface area contributed by atoms with Crippen molar-refractivity contribution in [2.45, 2.75) is 6.92 Å². The average Bonchev–Trinajstić information content (AvgIpc) is 2.28. The van der Waals surface area contributed by atoms with E-state index in [1.165, 1.54) is 0 Å². The Morgan fingerprint density at radius 1 is 1.57 bits per heavy atom. The fraction of sp³-hybridized carbons (Fsp3) is 0.375. The summed E-state index contributed by atoms with van der Waals surface area (Å²) in [7, 11) is -3.26. The first kappa shape index (κ1) is 11.7. The number of thiophene rings is 1. The SMILES string of the molecule is Cc1cc(C(=O)CS(C)(=O)=O)sc1Cl. The summed E-state index contributed by atoms with van der Waals surface area (Å²) in [5.74, 6) is -0.851. The second-order valence-corrected chi connectivity index (χ2v) is 6.86. The minimum atomic E-state index is -3.26. The van der Waals surface area contributed by atoms with E-state index >= 15 is 0 Å². The topological polar surface area (TPSA) is 51.2 Å². The number of Topliss-reactive ketones (excluding diaryl/α,β-unsaturated/α-hetero) is 1. The molecule has 1 aromatic rings. The summed E-state index contributed by atoms with van der Waals surface area (Å²) in [4.78, 5) is 11.8. The predicted molar refractivity (Wildman–Crippen MR) is 58.1 cm³/mol. The molecular formula is C8H9ClO3S2. The lowest BCUT2D eigenvalue weighted by Gasteiger charge is -1.93. The molecule has 0 saturated carbocycles. The molecule has 0 fully saturated rings. The van der Waals surface area contributed by atoms with Crippen molar-refractivity contribution in [1.82, 2.24) is 0 Å². The number of halogens is 1. The Bertz CT molecular complexity index is 439. The molecule has 3 nitrogen and oxygen atoms in total. The van der Waals surface area contributed by atoms with Crippen molar-refractivity contribution in [2.75, 3.05) is 12.0 Å². The summed E-state index contributed by atoms with van der Waals surface area (Å²) in [6.07, 6.45) is 1.03. The van der Waals surface area contributed by atoms with Crippen LogP contribution >= 0.6 is 22.9 Å². The van der Waals surface area contributed by atoms with E-state index in [0.29, 0.717) is 9.21 Å². The van der Waals surface area contributed by atoms with Gasteiger partial charge in [0.2, 0.25) is 0 Å². The Labute approximate surface area is 91.6 Å². The van der Waals surface area contributed by atoms with Gasteiger partial charge in [-0.25, -0.2) is 8.42 Å². The average molecular weight is 253 g/mol. The van der Waals surface area contributed by atoms with Crippen LogP contribution in [0.4, 0.5) is 0 Å². The first-order valence-electron chi connectivity index (χ1n) is 3.76. The zero-order valence-corrected chi connectivity index (χ0v) is 10.1. The van der Waals surface area contributed by atoms with E-state index in [9.17, 15) is 13.2 Å². The van der Waals surface area contributed by atoms with E-state index in [1.54, 1.807) is 13.0 Å². The van der Waals surface area contributed by atoms with Crippen molar-refractivity contribution in [3.63, 3.8) is 0 Å². The van der Waals surface area contributed by atoms with Crippen molar-refractivity contribution >= 4 is 38.6 Å². The molecule has 0 amide bonds. The van der Waals surface area contributed by atoms with Gasteiger partial charge in [0.05, 0.1) is 9.21 Å². The molecule has 1 heterocycles. The summed E-state index contributed by atoms with van der Waals surface area (Å²) in [5.41, 5.74) is 0.800. The van der Waals surface area contributed by atoms with Crippen molar-refractivity contribution in [1.29, 1.82) is 0 Å². The lowest BCUT2D eigenvalue weighted by atomic mass is 10.3. The molecule has 0 aliphatic carbocycles. The quantitative estimate of drug-likeness (QED) is 0.773. The summed E-state index contributed by atoms with van der Waals surface area (Å²) in [6.45, 7) is 1.77. The van der Waals surface area contributed by atoms with Crippen LogP contribution in [0.1, 0.15) is 15.2 Å². The Hall–Kier alpha value is -0.390. The van der Waals surface area contributed by atoms with Crippen LogP contribution in [0.15, 0.2) is 6.07 Å². The van der Waals surface area contributed by atoms with Crippen molar-refractivity contribution < 1.29 is 13.2 Å². The van der Waals surface area contributed by atoms with Gasteiger partial charge in [0.1, 0.15) is 5.75 Å². The molecule has 0 atom stereocenters. The third kappa shape index (κ3) is 3.08. The number of hydrogen-bond acceptors (Lipinski definition) is 4. The van der Waals surface area contributed by atoms with E-state index in [-0.39, 0.29) is 0 Å². The van der Waals surface area contributed by atoms with E-state index in [1.807, 2.05) is 0 Å². The van der Waals surface area contributed by atoms with Gasteiger partial charge >= 0.3 is 0 Å². The molecule has 0 bridgehead atoms. The van der Waals surface area contributed by atoms with E-state index < -0.39 is 21.4 Å². The van der Waals surface area contributed by atoms with E-state index in [2.05, 4.69) is 0 Å². The highest BCUT2D eigenvalue weighted by Crippen LogP contribution is 2.27. The standard InChI is InChI=1S/C8H9ClO3S2/c1-5-3-7(13-8(5)9)6(10)4-14(2,11)12/h3H,4H2,1-2H3. The first-order chi connectivity index (χ1) is 6.29. The van der Waals surface area contributed by atoms with Gasteiger partial charge < -0.3 is 0 Å². The lowest BCUT2D eigenvalue weighted by molar-refractivity contribution is 0.102. The van der Waals surface area contributed by atoms with Gasteiger partial charge in [-0.1, -0.05) is 11.6 Å². The maximum Gasteiger partial charge on any atom is 0.187 e. The maximum atomic E-state index is 11.4. The Kier molecular flexibility index (Phi) is 3.34. The van der Waals surface area contributed by atoms with E-state index in [0.717, 1.165) is 23.2 Å². The highest BCUT2D eigenvalue weighted by molar-refractivity contribution is 7.91. The van der Waals surface area contributed by atoms with Crippen molar-refractivity contribution in [3.8, 4) is 0 Å². The molecule has 1 rings (SSSR count). The minimum Gasteiger partial charge on any atom is -0.292 e. The second-order valence-electron chi connectivity index (χ2n) is 3.06. The largest absolute Gasteiger partial charge is 0.292 e. The molecule has 0 N–H and O–H groups in total. The molecule has 6 heteroatoms. The highest BCUT2D eigenvalue weighted by atomic mass is 35.5. The van der Waals surface area contributed by atoms with Gasteiger partial charge in [0.15, 0.2) is 15.6 Å². The van der Waals surface area contributed by atoms with Crippen molar-refractivity contribution in [2.24, 2.45) is 0 Å². The van der Waals surface area contributed by atoms with Crippen LogP contribution in [0.3, 0.4) is 0 Å². The Balaban J connectivity index is 2.91. The number of rotatable bonds is 3. The summed E-state index contributed by atoms with van der Waals surface area (Å²) < 4.78 is 22.2. The smallest absolute Gasteiger partial charge is 0.187 e. The van der Waals surface area contributed by atoms with Crippen LogP contribution in [0, 0.1) is 6.92 Å².